The Balaban J connectivity index is 1.53. The number of morpholine rings is 1. The van der Waals surface area contributed by atoms with Gasteiger partial charge < -0.3 is 15.0 Å². The first-order valence-electron chi connectivity index (χ1n) is 8.69. The van der Waals surface area contributed by atoms with Crippen LogP contribution in [-0.4, -0.2) is 41.0 Å². The largest absolute Gasteiger partial charge is 0.369 e. The van der Waals surface area contributed by atoms with E-state index in [4.69, 9.17) is 4.74 Å². The highest BCUT2D eigenvalue weighted by Gasteiger charge is 2.34. The molecular formula is C20H19N3O3S. The summed E-state index contributed by atoms with van der Waals surface area (Å²) in [6, 6.07) is 14.6. The summed E-state index contributed by atoms with van der Waals surface area (Å²) in [5, 5.41) is 3.88. The lowest BCUT2D eigenvalue weighted by Gasteiger charge is -2.34. The summed E-state index contributed by atoms with van der Waals surface area (Å²) < 4.78 is 6.41. The third-order valence-corrected chi connectivity index (χ3v) is 5.41. The molecule has 1 fully saturated rings. The van der Waals surface area contributed by atoms with Crippen molar-refractivity contribution >= 4 is 39.1 Å². The van der Waals surface area contributed by atoms with Crippen LogP contribution in [0.4, 0.5) is 5.69 Å². The molecule has 2 aromatic carbocycles. The molecule has 0 saturated carbocycles. The molecule has 0 bridgehead atoms. The van der Waals surface area contributed by atoms with Gasteiger partial charge in [0.05, 0.1) is 21.8 Å². The van der Waals surface area contributed by atoms with Gasteiger partial charge in [-0.25, -0.2) is 4.98 Å². The molecule has 1 aromatic heterocycles. The number of rotatable bonds is 4. The lowest BCUT2D eigenvalue weighted by molar-refractivity contribution is -0.154. The number of anilines is 1. The van der Waals surface area contributed by atoms with Crippen LogP contribution in [0.2, 0.25) is 0 Å². The van der Waals surface area contributed by atoms with Gasteiger partial charge in [-0.1, -0.05) is 30.3 Å². The number of carbonyl (C=O) groups excluding carboxylic acids is 2. The normalized spacial score (nSPS) is 17.3. The van der Waals surface area contributed by atoms with Crippen LogP contribution in [0.25, 0.3) is 10.2 Å². The van der Waals surface area contributed by atoms with E-state index in [1.165, 1.54) is 0 Å². The van der Waals surface area contributed by atoms with Crippen LogP contribution in [0, 0.1) is 6.92 Å². The zero-order valence-electron chi connectivity index (χ0n) is 14.8. The van der Waals surface area contributed by atoms with E-state index in [0.717, 1.165) is 20.8 Å². The Kier molecular flexibility index (Phi) is 4.87. The van der Waals surface area contributed by atoms with Crippen LogP contribution in [0.15, 0.2) is 48.5 Å². The number of carbonyl (C=O) groups is 2. The molecule has 1 aliphatic heterocycles. The number of hydrogen-bond acceptors (Lipinski definition) is 5. The van der Waals surface area contributed by atoms with Gasteiger partial charge in [-0.05, 0) is 30.7 Å². The fourth-order valence-corrected chi connectivity index (χ4v) is 3.95. The monoisotopic (exact) mass is 381 g/mol. The van der Waals surface area contributed by atoms with Crippen LogP contribution in [0.1, 0.15) is 10.6 Å². The maximum atomic E-state index is 12.9. The Bertz CT molecular complexity index is 987. The Labute approximate surface area is 160 Å². The maximum Gasteiger partial charge on any atom is 0.249 e. The second kappa shape index (κ2) is 7.46. The number of thiazole rings is 1. The second-order valence-electron chi connectivity index (χ2n) is 6.44. The van der Waals surface area contributed by atoms with Gasteiger partial charge in [-0.3, -0.25) is 9.59 Å². The van der Waals surface area contributed by atoms with E-state index >= 15 is 0 Å². The van der Waals surface area contributed by atoms with E-state index in [1.807, 2.05) is 55.5 Å². The van der Waals surface area contributed by atoms with Crippen LogP contribution < -0.4 is 5.32 Å². The van der Waals surface area contributed by atoms with Crippen LogP contribution >= 0.6 is 11.3 Å². The number of nitrogens with zero attached hydrogens (tertiary/aromatic N) is 2. The summed E-state index contributed by atoms with van der Waals surface area (Å²) in [6.45, 7) is 2.52. The molecule has 4 rings (SSSR count). The predicted molar refractivity (Wildman–Crippen MR) is 105 cm³/mol. The van der Waals surface area contributed by atoms with Crippen molar-refractivity contribution in [2.75, 3.05) is 18.5 Å². The minimum atomic E-state index is -0.667. The van der Waals surface area contributed by atoms with Crippen molar-refractivity contribution in [2.45, 2.75) is 19.5 Å². The summed E-state index contributed by atoms with van der Waals surface area (Å²) >= 11 is 1.61. The highest BCUT2D eigenvalue weighted by Crippen LogP contribution is 2.25. The highest BCUT2D eigenvalue weighted by molar-refractivity contribution is 7.18. The number of aromatic nitrogens is 1. The zero-order chi connectivity index (χ0) is 18.8. The molecule has 7 heteroatoms. The van der Waals surface area contributed by atoms with Gasteiger partial charge in [0.2, 0.25) is 11.8 Å². The Morgan fingerprint density at radius 3 is 2.93 bits per heavy atom. The molecule has 1 N–H and O–H groups in total. The summed E-state index contributed by atoms with van der Waals surface area (Å²) in [4.78, 5) is 31.2. The number of benzene rings is 2. The van der Waals surface area contributed by atoms with Crippen molar-refractivity contribution in [3.05, 3.63) is 59.1 Å². The van der Waals surface area contributed by atoms with Gasteiger partial charge >= 0.3 is 0 Å². The minimum Gasteiger partial charge on any atom is -0.369 e. The van der Waals surface area contributed by atoms with Crippen molar-refractivity contribution in [3.63, 3.8) is 0 Å². The SMILES string of the molecule is Cc1nc2cc(NC(=O)[C@@H]3COCC(=O)N3Cc3ccccc3)ccc2s1. The Morgan fingerprint density at radius 1 is 1.30 bits per heavy atom. The van der Waals surface area contributed by atoms with Gasteiger partial charge in [0, 0.05) is 12.2 Å². The van der Waals surface area contributed by atoms with Crippen molar-refractivity contribution in [2.24, 2.45) is 0 Å². The first kappa shape index (κ1) is 17.6. The quantitative estimate of drug-likeness (QED) is 0.754. The van der Waals surface area contributed by atoms with Crippen molar-refractivity contribution in [3.8, 4) is 0 Å². The Hall–Kier alpha value is -2.77. The molecule has 1 aliphatic rings. The third kappa shape index (κ3) is 3.84. The molecule has 138 valence electrons. The van der Waals surface area contributed by atoms with E-state index in [0.29, 0.717) is 12.2 Å². The summed E-state index contributed by atoms with van der Waals surface area (Å²) in [5.74, 6) is -0.443. The number of nitrogens with one attached hydrogen (secondary N) is 1. The fourth-order valence-electron chi connectivity index (χ4n) is 3.15. The molecule has 2 amide bonds. The number of aryl methyl sites for hydroxylation is 1. The topological polar surface area (TPSA) is 71.5 Å². The lowest BCUT2D eigenvalue weighted by Crippen LogP contribution is -2.54. The fraction of sp³-hybridized carbons (Fsp3) is 0.250. The molecule has 3 aromatic rings. The average Bonchev–Trinajstić information content (AvgIpc) is 3.03. The summed E-state index contributed by atoms with van der Waals surface area (Å²) in [5.41, 5.74) is 2.49. The van der Waals surface area contributed by atoms with Gasteiger partial charge in [-0.2, -0.15) is 0 Å². The average molecular weight is 381 g/mol. The van der Waals surface area contributed by atoms with Crippen molar-refractivity contribution in [1.29, 1.82) is 0 Å². The summed E-state index contributed by atoms with van der Waals surface area (Å²) in [7, 11) is 0. The second-order valence-corrected chi connectivity index (χ2v) is 7.68. The van der Waals surface area contributed by atoms with E-state index < -0.39 is 6.04 Å². The Morgan fingerprint density at radius 2 is 2.11 bits per heavy atom. The third-order valence-electron chi connectivity index (χ3n) is 4.46. The van der Waals surface area contributed by atoms with Crippen LogP contribution in [0.5, 0.6) is 0 Å². The smallest absolute Gasteiger partial charge is 0.249 e. The van der Waals surface area contributed by atoms with Crippen molar-refractivity contribution < 1.29 is 14.3 Å². The molecule has 1 saturated heterocycles. The predicted octanol–water partition coefficient (Wildman–Crippen LogP) is 2.97. The van der Waals surface area contributed by atoms with Gasteiger partial charge in [0.1, 0.15) is 12.6 Å². The van der Waals surface area contributed by atoms with E-state index in [-0.39, 0.29) is 25.0 Å². The van der Waals surface area contributed by atoms with Gasteiger partial charge in [0.15, 0.2) is 0 Å². The number of hydrogen-bond donors (Lipinski definition) is 1. The summed E-state index contributed by atoms with van der Waals surface area (Å²) in [6.07, 6.45) is 0. The van der Waals surface area contributed by atoms with Crippen LogP contribution in [0.3, 0.4) is 0 Å². The highest BCUT2D eigenvalue weighted by atomic mass is 32.1. The zero-order valence-corrected chi connectivity index (χ0v) is 15.7. The van der Waals surface area contributed by atoms with E-state index in [2.05, 4.69) is 10.3 Å². The molecule has 1 atom stereocenters. The molecule has 0 unspecified atom stereocenters. The van der Waals surface area contributed by atoms with Gasteiger partial charge in [-0.15, -0.1) is 11.3 Å². The van der Waals surface area contributed by atoms with Gasteiger partial charge in [0.25, 0.3) is 0 Å². The van der Waals surface area contributed by atoms with Crippen LogP contribution in [-0.2, 0) is 20.9 Å². The van der Waals surface area contributed by atoms with E-state index in [9.17, 15) is 9.59 Å². The molecule has 6 nitrogen and oxygen atoms in total. The number of fused-ring (bicyclic) bond motifs is 1. The molecule has 0 aliphatic carbocycles. The molecule has 0 spiro atoms. The standard InChI is InChI=1S/C20H19N3O3S/c1-13-21-16-9-15(7-8-18(16)27-13)22-20(25)17-11-26-12-19(24)23(17)10-14-5-3-2-4-6-14/h2-9,17H,10-12H2,1H3,(H,22,25)/t17-/m0/s1. The lowest BCUT2D eigenvalue weighted by atomic mass is 10.1. The van der Waals surface area contributed by atoms with Crippen molar-refractivity contribution in [1.82, 2.24) is 9.88 Å². The maximum absolute atomic E-state index is 12.9. The number of amides is 2. The minimum absolute atomic E-state index is 0.000668. The molecule has 2 heterocycles. The molecule has 0 radical (unpaired) electrons. The van der Waals surface area contributed by atoms with E-state index in [1.54, 1.807) is 16.2 Å². The number of ether oxygens (including phenoxy) is 1. The molecule has 27 heavy (non-hydrogen) atoms. The molecular weight excluding hydrogens is 362 g/mol. The first-order valence-corrected chi connectivity index (χ1v) is 9.51. The first-order chi connectivity index (χ1) is 13.1.